The highest BCUT2D eigenvalue weighted by Gasteiger charge is 2.18. The monoisotopic (exact) mass is 305 g/mol. The van der Waals surface area contributed by atoms with Crippen molar-refractivity contribution in [3.05, 3.63) is 46.0 Å². The summed E-state index contributed by atoms with van der Waals surface area (Å²) < 4.78 is 41.8. The molecule has 0 saturated carbocycles. The van der Waals surface area contributed by atoms with Crippen LogP contribution in [0.2, 0.25) is 0 Å². The predicted molar refractivity (Wildman–Crippen MR) is 64.2 cm³/mol. The number of benzene rings is 1. The number of hydrogen-bond acceptors (Lipinski definition) is 7. The summed E-state index contributed by atoms with van der Waals surface area (Å²) in [7, 11) is -4.40. The van der Waals surface area contributed by atoms with Gasteiger partial charge in [0.05, 0.1) is 18.1 Å². The normalized spacial score (nSPS) is 11.8. The smallest absolute Gasteiger partial charge is 0.466 e. The van der Waals surface area contributed by atoms with Crippen LogP contribution in [0.15, 0.2) is 30.3 Å². The number of carbonyl (C=O) groups excluding carboxylic acids is 1. The van der Waals surface area contributed by atoms with Gasteiger partial charge >= 0.3 is 16.5 Å². The van der Waals surface area contributed by atoms with Gasteiger partial charge in [0.1, 0.15) is 0 Å². The van der Waals surface area contributed by atoms with Crippen LogP contribution in [-0.4, -0.2) is 26.4 Å². The van der Waals surface area contributed by atoms with Crippen LogP contribution in [0.25, 0.3) is 5.76 Å². The lowest BCUT2D eigenvalue weighted by Crippen LogP contribution is -2.03. The predicted octanol–water partition coefficient (Wildman–Crippen LogP) is 1.34. The van der Waals surface area contributed by atoms with Crippen molar-refractivity contribution >= 4 is 27.9 Å². The summed E-state index contributed by atoms with van der Waals surface area (Å²) in [4.78, 5) is 20.9. The molecule has 0 bridgehead atoms. The van der Waals surface area contributed by atoms with Crippen LogP contribution >= 0.6 is 0 Å². The van der Waals surface area contributed by atoms with E-state index in [1.54, 1.807) is 0 Å². The Bertz CT molecular complexity index is 668. The van der Waals surface area contributed by atoms with Gasteiger partial charge in [0.25, 0.3) is 5.69 Å². The zero-order valence-electron chi connectivity index (χ0n) is 9.98. The lowest BCUT2D eigenvalue weighted by Gasteiger charge is -2.05. The summed E-state index contributed by atoms with van der Waals surface area (Å²) in [5.41, 5.74) is -0.566. The van der Waals surface area contributed by atoms with Gasteiger partial charge in [-0.25, -0.2) is 4.79 Å². The maximum atomic E-state index is 12.6. The number of nitro benzene ring substituents is 1. The Hall–Kier alpha value is -2.49. The van der Waals surface area contributed by atoms with E-state index in [4.69, 9.17) is 0 Å². The third-order valence-electron chi connectivity index (χ3n) is 1.98. The Kier molecular flexibility index (Phi) is 4.75. The average Bonchev–Trinajstić information content (AvgIpc) is 2.36. The highest BCUT2D eigenvalue weighted by Crippen LogP contribution is 2.23. The van der Waals surface area contributed by atoms with Crippen LogP contribution in [0.1, 0.15) is 5.56 Å². The second kappa shape index (κ2) is 6.10. The molecule has 0 radical (unpaired) electrons. The van der Waals surface area contributed by atoms with Crippen molar-refractivity contribution in [1.29, 1.82) is 0 Å². The first kappa shape index (κ1) is 15.6. The van der Waals surface area contributed by atoms with Crippen LogP contribution in [0.3, 0.4) is 0 Å². The molecule has 0 aromatic heterocycles. The molecule has 1 rings (SSSR count). The van der Waals surface area contributed by atoms with Gasteiger partial charge in [0, 0.05) is 17.7 Å². The van der Waals surface area contributed by atoms with Crippen molar-refractivity contribution in [2.45, 2.75) is 0 Å². The van der Waals surface area contributed by atoms with Crippen molar-refractivity contribution < 1.29 is 30.9 Å². The zero-order chi connectivity index (χ0) is 15.3. The minimum absolute atomic E-state index is 0.175. The number of nitro groups is 1. The average molecular weight is 305 g/mol. The first-order valence-corrected chi connectivity index (χ1v) is 6.22. The molecule has 20 heavy (non-hydrogen) atoms. The van der Waals surface area contributed by atoms with Gasteiger partial charge in [-0.2, -0.15) is 8.42 Å². The third-order valence-corrected chi connectivity index (χ3v) is 2.36. The Morgan fingerprint density at radius 1 is 1.45 bits per heavy atom. The molecule has 0 aliphatic carbocycles. The zero-order valence-corrected chi connectivity index (χ0v) is 10.8. The Labute approximate surface area is 113 Å². The van der Waals surface area contributed by atoms with Gasteiger partial charge in [-0.15, -0.1) is 0 Å². The highest BCUT2D eigenvalue weighted by molar-refractivity contribution is 7.81. The largest absolute Gasteiger partial charge is 0.488 e. The lowest BCUT2D eigenvalue weighted by molar-refractivity contribution is -0.384. The number of carbonyl (C=O) groups is 1. The van der Waals surface area contributed by atoms with Gasteiger partial charge in [-0.1, -0.05) is 16.0 Å². The van der Waals surface area contributed by atoms with Gasteiger partial charge < -0.3 is 8.92 Å². The second-order valence-corrected chi connectivity index (χ2v) is 4.27. The Morgan fingerprint density at radius 2 is 2.10 bits per heavy atom. The fourth-order valence-corrected chi connectivity index (χ4v) is 1.56. The number of halogens is 1. The van der Waals surface area contributed by atoms with Crippen molar-refractivity contribution in [2.24, 2.45) is 0 Å². The first-order valence-electron chi connectivity index (χ1n) is 4.91. The van der Waals surface area contributed by atoms with Crippen LogP contribution in [0.4, 0.5) is 9.57 Å². The molecule has 0 aliphatic rings. The number of nitrogens with zero attached hydrogens (tertiary/aromatic N) is 1. The van der Waals surface area contributed by atoms with E-state index in [0.717, 1.165) is 19.2 Å². The maximum Gasteiger partial charge on any atom is 0.488 e. The minimum Gasteiger partial charge on any atom is -0.466 e. The van der Waals surface area contributed by atoms with E-state index in [2.05, 4.69) is 8.92 Å². The molecule has 0 saturated heterocycles. The van der Waals surface area contributed by atoms with Gasteiger partial charge in [-0.05, 0) is 0 Å². The number of methoxy groups -OCH3 is 1. The number of hydrogen-bond donors (Lipinski definition) is 0. The van der Waals surface area contributed by atoms with Gasteiger partial charge in [0.15, 0.2) is 5.76 Å². The highest BCUT2D eigenvalue weighted by atomic mass is 32.3. The molecule has 1 aromatic rings. The van der Waals surface area contributed by atoms with E-state index in [0.29, 0.717) is 6.08 Å². The molecular weight excluding hydrogens is 297 g/mol. The molecule has 0 spiro atoms. The number of rotatable bonds is 5. The van der Waals surface area contributed by atoms with E-state index in [-0.39, 0.29) is 5.56 Å². The van der Waals surface area contributed by atoms with Gasteiger partial charge in [-0.3, -0.25) is 10.1 Å². The van der Waals surface area contributed by atoms with E-state index in [1.165, 1.54) is 12.1 Å². The molecule has 0 N–H and O–H groups in total. The molecule has 0 heterocycles. The standard InChI is InChI=1S/C10H8FNO7S/c1-18-10(13)6-9(19-20(11,16)17)7-3-2-4-8(5-7)12(14)15/h2-6H,1H3/b9-6+. The van der Waals surface area contributed by atoms with Crippen LogP contribution in [0.5, 0.6) is 0 Å². The van der Waals surface area contributed by atoms with Crippen LogP contribution in [0, 0.1) is 10.1 Å². The maximum absolute atomic E-state index is 12.6. The summed E-state index contributed by atoms with van der Waals surface area (Å²) in [6.07, 6.45) is 0.552. The molecule has 10 heteroatoms. The van der Waals surface area contributed by atoms with Crippen LogP contribution in [-0.2, 0) is 24.2 Å². The van der Waals surface area contributed by atoms with Crippen molar-refractivity contribution in [1.82, 2.24) is 0 Å². The summed E-state index contributed by atoms with van der Waals surface area (Å²) in [5.74, 6) is -1.75. The van der Waals surface area contributed by atoms with E-state index in [1.807, 2.05) is 0 Å². The lowest BCUT2D eigenvalue weighted by atomic mass is 10.1. The quantitative estimate of drug-likeness (QED) is 0.201. The minimum atomic E-state index is -5.40. The topological polar surface area (TPSA) is 113 Å². The Balaban J connectivity index is 3.30. The molecule has 0 amide bonds. The summed E-state index contributed by atoms with van der Waals surface area (Å²) >= 11 is 0. The van der Waals surface area contributed by atoms with Gasteiger partial charge in [0.2, 0.25) is 0 Å². The molecule has 0 aliphatic heterocycles. The van der Waals surface area contributed by atoms with E-state index < -0.39 is 32.8 Å². The molecule has 0 unspecified atom stereocenters. The number of non-ortho nitro benzene ring substituents is 1. The Morgan fingerprint density at radius 3 is 2.60 bits per heavy atom. The van der Waals surface area contributed by atoms with Crippen LogP contribution < -0.4 is 0 Å². The van der Waals surface area contributed by atoms with E-state index in [9.17, 15) is 27.2 Å². The molecule has 1 aromatic carbocycles. The summed E-state index contributed by atoms with van der Waals surface area (Å²) in [5, 5.41) is 10.6. The van der Waals surface area contributed by atoms with Crippen molar-refractivity contribution in [3.8, 4) is 0 Å². The number of ether oxygens (including phenoxy) is 1. The molecule has 8 nitrogen and oxygen atoms in total. The molecule has 0 fully saturated rings. The summed E-state index contributed by atoms with van der Waals surface area (Å²) in [6.45, 7) is 0. The second-order valence-electron chi connectivity index (χ2n) is 3.32. The molecule has 0 atom stereocenters. The fourth-order valence-electron chi connectivity index (χ4n) is 1.20. The van der Waals surface area contributed by atoms with E-state index >= 15 is 0 Å². The van der Waals surface area contributed by atoms with Crippen molar-refractivity contribution in [2.75, 3.05) is 7.11 Å². The first-order chi connectivity index (χ1) is 9.23. The summed E-state index contributed by atoms with van der Waals surface area (Å²) in [6, 6.07) is 4.46. The molecular formula is C10H8FNO7S. The SMILES string of the molecule is COC(=O)/C=C(/OS(=O)(=O)F)c1cccc([N+](=O)[O-])c1. The molecule has 108 valence electrons. The number of esters is 1. The van der Waals surface area contributed by atoms with Crippen molar-refractivity contribution in [3.63, 3.8) is 0 Å². The third kappa shape index (κ3) is 4.65. The fraction of sp³-hybridized carbons (Fsp3) is 0.100.